The Morgan fingerprint density at radius 3 is 2.41 bits per heavy atom. The van der Waals surface area contributed by atoms with E-state index in [0.717, 1.165) is 44.0 Å². The van der Waals surface area contributed by atoms with E-state index in [1.54, 1.807) is 0 Å². The summed E-state index contributed by atoms with van der Waals surface area (Å²) in [6.45, 7) is 7.21. The summed E-state index contributed by atoms with van der Waals surface area (Å²) in [5.74, 6) is 0.516. The Balaban J connectivity index is 0.00000420. The molecule has 1 N–H and O–H groups in total. The zero-order valence-electron chi connectivity index (χ0n) is 17.9. The van der Waals surface area contributed by atoms with Crippen LogP contribution in [-0.2, 0) is 9.53 Å². The molecule has 1 fully saturated rings. The molecule has 1 aliphatic heterocycles. The molecular weight excluding hydrogens is 486 g/mol. The molecule has 1 unspecified atom stereocenters. The van der Waals surface area contributed by atoms with Gasteiger partial charge in [0.25, 0.3) is 0 Å². The van der Waals surface area contributed by atoms with E-state index in [2.05, 4.69) is 15.1 Å². The van der Waals surface area contributed by atoms with Gasteiger partial charge < -0.3 is 19.9 Å². The van der Waals surface area contributed by atoms with Crippen LogP contribution in [0.15, 0.2) is 29.3 Å². The van der Waals surface area contributed by atoms with Crippen LogP contribution in [0, 0.1) is 11.7 Å². The van der Waals surface area contributed by atoms with Crippen LogP contribution in [0.25, 0.3) is 0 Å². The topological polar surface area (TPSA) is 57.2 Å². The minimum atomic E-state index is -0.234. The summed E-state index contributed by atoms with van der Waals surface area (Å²) < 4.78 is 18.4. The van der Waals surface area contributed by atoms with E-state index < -0.39 is 0 Å². The molecule has 0 saturated carbocycles. The van der Waals surface area contributed by atoms with Gasteiger partial charge in [-0.2, -0.15) is 0 Å². The van der Waals surface area contributed by atoms with Crippen molar-refractivity contribution >= 4 is 35.9 Å². The zero-order chi connectivity index (χ0) is 20.5. The number of carbonyl (C=O) groups is 1. The number of ether oxygens (including phenoxy) is 1. The number of guanidine groups is 1. The zero-order valence-corrected chi connectivity index (χ0v) is 20.2. The predicted octanol–water partition coefficient (Wildman–Crippen LogP) is 3.29. The predicted molar refractivity (Wildman–Crippen MR) is 125 cm³/mol. The van der Waals surface area contributed by atoms with Crippen LogP contribution in [0.5, 0.6) is 0 Å². The van der Waals surface area contributed by atoms with E-state index in [0.29, 0.717) is 13.2 Å². The fraction of sp³-hybridized carbons (Fsp3) is 0.619. The molecule has 2 rings (SSSR count). The SMILES string of the molecule is CCNC(=NCC(c1ccc(F)cc1)N(C)C)N1CCC(C(=O)OCC)CC1.I. The second-order valence-corrected chi connectivity index (χ2v) is 7.24. The number of rotatable bonds is 7. The van der Waals surface area contributed by atoms with Crippen LogP contribution in [-0.4, -0.2) is 68.6 Å². The van der Waals surface area contributed by atoms with E-state index >= 15 is 0 Å². The van der Waals surface area contributed by atoms with E-state index in [1.165, 1.54) is 12.1 Å². The lowest BCUT2D eigenvalue weighted by Gasteiger charge is -2.34. The Labute approximate surface area is 190 Å². The van der Waals surface area contributed by atoms with E-state index in [4.69, 9.17) is 9.73 Å². The Morgan fingerprint density at radius 2 is 1.90 bits per heavy atom. The quantitative estimate of drug-likeness (QED) is 0.259. The number of likely N-dealkylation sites (N-methyl/N-ethyl adjacent to an activating group) is 1. The highest BCUT2D eigenvalue weighted by Crippen LogP contribution is 2.21. The van der Waals surface area contributed by atoms with Gasteiger partial charge >= 0.3 is 5.97 Å². The van der Waals surface area contributed by atoms with Crippen LogP contribution in [0.3, 0.4) is 0 Å². The number of esters is 1. The molecule has 1 aromatic rings. The molecule has 1 atom stereocenters. The highest BCUT2D eigenvalue weighted by Gasteiger charge is 2.27. The van der Waals surface area contributed by atoms with Gasteiger partial charge in [-0.1, -0.05) is 12.1 Å². The minimum absolute atomic E-state index is 0. The number of carbonyl (C=O) groups excluding carboxylic acids is 1. The van der Waals surface area contributed by atoms with Gasteiger partial charge in [-0.3, -0.25) is 9.79 Å². The van der Waals surface area contributed by atoms with Crippen LogP contribution in [0.4, 0.5) is 4.39 Å². The normalized spacial score (nSPS) is 16.3. The van der Waals surface area contributed by atoms with Gasteiger partial charge in [0.1, 0.15) is 5.82 Å². The van der Waals surface area contributed by atoms with Crippen LogP contribution < -0.4 is 5.32 Å². The van der Waals surface area contributed by atoms with Crippen LogP contribution in [0.2, 0.25) is 0 Å². The van der Waals surface area contributed by atoms with Gasteiger partial charge in [-0.25, -0.2) is 4.39 Å². The molecule has 0 amide bonds. The van der Waals surface area contributed by atoms with Crippen molar-refractivity contribution in [1.82, 2.24) is 15.1 Å². The highest BCUT2D eigenvalue weighted by molar-refractivity contribution is 14.0. The van der Waals surface area contributed by atoms with Crippen molar-refractivity contribution in [3.8, 4) is 0 Å². The summed E-state index contributed by atoms with van der Waals surface area (Å²) in [7, 11) is 4.00. The lowest BCUT2D eigenvalue weighted by Crippen LogP contribution is -2.47. The van der Waals surface area contributed by atoms with E-state index in [9.17, 15) is 9.18 Å². The van der Waals surface area contributed by atoms with Gasteiger partial charge in [-0.05, 0) is 58.5 Å². The van der Waals surface area contributed by atoms with Crippen molar-refractivity contribution in [2.24, 2.45) is 10.9 Å². The molecule has 29 heavy (non-hydrogen) atoms. The fourth-order valence-corrected chi connectivity index (χ4v) is 3.44. The van der Waals surface area contributed by atoms with Crippen LogP contribution in [0.1, 0.15) is 38.3 Å². The molecule has 1 aliphatic rings. The van der Waals surface area contributed by atoms with Gasteiger partial charge in [0.2, 0.25) is 0 Å². The van der Waals surface area contributed by atoms with Gasteiger partial charge in [0.05, 0.1) is 25.1 Å². The largest absolute Gasteiger partial charge is 0.466 e. The van der Waals surface area contributed by atoms with Gasteiger partial charge in [-0.15, -0.1) is 24.0 Å². The second kappa shape index (κ2) is 13.0. The third kappa shape index (κ3) is 7.73. The molecule has 1 saturated heterocycles. The summed E-state index contributed by atoms with van der Waals surface area (Å²) in [5, 5.41) is 3.36. The Hall–Kier alpha value is -1.42. The monoisotopic (exact) mass is 520 g/mol. The van der Waals surface area contributed by atoms with Crippen molar-refractivity contribution in [2.45, 2.75) is 32.7 Å². The Kier molecular flexibility index (Phi) is 11.5. The molecule has 1 heterocycles. The maximum atomic E-state index is 13.3. The molecule has 0 spiro atoms. The summed E-state index contributed by atoms with van der Waals surface area (Å²) in [5.41, 5.74) is 1.03. The second-order valence-electron chi connectivity index (χ2n) is 7.24. The number of nitrogens with one attached hydrogen (secondary N) is 1. The highest BCUT2D eigenvalue weighted by atomic mass is 127. The molecule has 0 bridgehead atoms. The molecule has 8 heteroatoms. The summed E-state index contributed by atoms with van der Waals surface area (Å²) >= 11 is 0. The molecule has 164 valence electrons. The first-order valence-corrected chi connectivity index (χ1v) is 10.1. The number of piperidine rings is 1. The standard InChI is InChI=1S/C21H33FN4O2.HI/c1-5-23-21(26-13-11-17(12-14-26)20(27)28-6-2)24-15-19(25(3)4)16-7-9-18(22)10-8-16;/h7-10,17,19H,5-6,11-15H2,1-4H3,(H,23,24);1H. The minimum Gasteiger partial charge on any atom is -0.466 e. The van der Waals surface area contributed by atoms with Crippen molar-refractivity contribution < 1.29 is 13.9 Å². The molecule has 0 aliphatic carbocycles. The number of halogens is 2. The van der Waals surface area contributed by atoms with Crippen molar-refractivity contribution in [3.05, 3.63) is 35.6 Å². The molecule has 6 nitrogen and oxygen atoms in total. The maximum absolute atomic E-state index is 13.3. The summed E-state index contributed by atoms with van der Waals surface area (Å²) in [6.07, 6.45) is 1.55. The average Bonchev–Trinajstić information content (AvgIpc) is 2.69. The summed E-state index contributed by atoms with van der Waals surface area (Å²) in [4.78, 5) is 21.1. The van der Waals surface area contributed by atoms with Crippen LogP contribution >= 0.6 is 24.0 Å². The molecular formula is C21H34FIN4O2. The third-order valence-corrected chi connectivity index (χ3v) is 5.04. The number of likely N-dealkylation sites (tertiary alicyclic amines) is 1. The van der Waals surface area contributed by atoms with Crippen molar-refractivity contribution in [2.75, 3.05) is 46.9 Å². The lowest BCUT2D eigenvalue weighted by atomic mass is 9.97. The number of aliphatic imine (C=N–C) groups is 1. The average molecular weight is 520 g/mol. The van der Waals surface area contributed by atoms with Crippen molar-refractivity contribution in [1.29, 1.82) is 0 Å². The number of hydrogen-bond donors (Lipinski definition) is 1. The Bertz CT molecular complexity index is 647. The maximum Gasteiger partial charge on any atom is 0.309 e. The smallest absolute Gasteiger partial charge is 0.309 e. The molecule has 1 aromatic carbocycles. The molecule has 0 aromatic heterocycles. The first kappa shape index (κ1) is 25.6. The molecule has 0 radical (unpaired) electrons. The lowest BCUT2D eigenvalue weighted by molar-refractivity contribution is -0.149. The third-order valence-electron chi connectivity index (χ3n) is 5.04. The van der Waals surface area contributed by atoms with Gasteiger partial charge in [0.15, 0.2) is 5.96 Å². The number of hydrogen-bond acceptors (Lipinski definition) is 4. The van der Waals surface area contributed by atoms with E-state index in [1.807, 2.05) is 40.1 Å². The number of benzene rings is 1. The Morgan fingerprint density at radius 1 is 1.28 bits per heavy atom. The summed E-state index contributed by atoms with van der Waals surface area (Å²) in [6, 6.07) is 6.66. The first-order chi connectivity index (χ1) is 13.5. The fourth-order valence-electron chi connectivity index (χ4n) is 3.44. The number of nitrogens with zero attached hydrogens (tertiary/aromatic N) is 3. The van der Waals surface area contributed by atoms with Crippen molar-refractivity contribution in [3.63, 3.8) is 0 Å². The van der Waals surface area contributed by atoms with E-state index in [-0.39, 0.29) is 47.7 Å². The van der Waals surface area contributed by atoms with Gasteiger partial charge in [0, 0.05) is 19.6 Å². The first-order valence-electron chi connectivity index (χ1n) is 10.1.